The first kappa shape index (κ1) is 34.4. The van der Waals surface area contributed by atoms with Crippen LogP contribution in [0.25, 0.3) is 0 Å². The van der Waals surface area contributed by atoms with E-state index in [2.05, 4.69) is 15.3 Å². The minimum absolute atomic E-state index is 0. The van der Waals surface area contributed by atoms with Gasteiger partial charge in [-0.2, -0.15) is 0 Å². The van der Waals surface area contributed by atoms with Crippen molar-refractivity contribution in [1.82, 2.24) is 15.5 Å². The molecule has 0 aromatic rings. The SMILES string of the molecule is C.C[Si](C)(C)N=C=O.NC(=O)NC1CCCC1.NC1CCCC1.O=C1CC(=O)N(C2CCCC2)C(=O)N1. The average molecular weight is 541 g/mol. The van der Waals surface area contributed by atoms with Crippen molar-refractivity contribution in [3.63, 3.8) is 0 Å². The third kappa shape index (κ3) is 15.3. The molecule has 3 aliphatic carbocycles. The molecule has 4 aliphatic rings. The summed E-state index contributed by atoms with van der Waals surface area (Å²) in [5.41, 5.74) is 10.5. The van der Waals surface area contributed by atoms with Gasteiger partial charge in [-0.15, -0.1) is 0 Å². The second-order valence-electron chi connectivity index (χ2n) is 10.6. The molecule has 1 saturated heterocycles. The maximum absolute atomic E-state index is 11.4. The Kier molecular flexibility index (Phi) is 16.6. The fraction of sp³-hybridized carbons (Fsp3) is 0.800. The molecule has 0 spiro atoms. The number of amides is 6. The maximum Gasteiger partial charge on any atom is 0.331 e. The van der Waals surface area contributed by atoms with Crippen molar-refractivity contribution in [3.8, 4) is 0 Å². The van der Waals surface area contributed by atoms with E-state index in [4.69, 9.17) is 11.5 Å². The van der Waals surface area contributed by atoms with E-state index in [1.165, 1.54) is 43.4 Å². The standard InChI is InChI=1S/C9H12N2O3.C6H12N2O.C5H11N.C4H9NOSi.CH4/c12-7-5-8(13)11(9(14)10-7)6-3-1-2-4-6;7-6(9)8-5-3-1-2-4-5;6-5-3-1-2-4-5;1-7(2,3)5-4-6;/h6H,1-5H2,(H,10,12,14);5H,1-4H2,(H3,7,8,9);5H,1-4,6H2;1-3H3;1H4. The molecule has 0 unspecified atom stereocenters. The number of rotatable bonds is 3. The van der Waals surface area contributed by atoms with Crippen molar-refractivity contribution in [2.45, 2.75) is 129 Å². The molecule has 4 fully saturated rings. The third-order valence-corrected chi connectivity index (χ3v) is 6.98. The third-order valence-electron chi connectivity index (χ3n) is 6.22. The number of nitrogens with two attached hydrogens (primary N) is 2. The summed E-state index contributed by atoms with van der Waals surface area (Å²) in [7, 11) is -1.46. The molecule has 11 nitrogen and oxygen atoms in total. The second kappa shape index (κ2) is 17.8. The van der Waals surface area contributed by atoms with Gasteiger partial charge >= 0.3 is 12.1 Å². The highest BCUT2D eigenvalue weighted by Gasteiger charge is 2.36. The number of carbonyl (C=O) groups excluding carboxylic acids is 5. The molecule has 4 rings (SSSR count). The van der Waals surface area contributed by atoms with Crippen LogP contribution in [-0.2, 0) is 14.4 Å². The van der Waals surface area contributed by atoms with Crippen LogP contribution in [-0.4, -0.2) is 61.2 Å². The van der Waals surface area contributed by atoms with Crippen molar-refractivity contribution in [2.24, 2.45) is 16.1 Å². The monoisotopic (exact) mass is 540 g/mol. The lowest BCUT2D eigenvalue weighted by Gasteiger charge is -2.29. The molecule has 0 aromatic carbocycles. The number of urea groups is 2. The van der Waals surface area contributed by atoms with Gasteiger partial charge in [-0.05, 0) is 58.2 Å². The molecular weight excluding hydrogens is 492 g/mol. The molecule has 0 bridgehead atoms. The number of carbonyl (C=O) groups is 4. The van der Waals surface area contributed by atoms with Crippen LogP contribution in [0.1, 0.15) is 90.9 Å². The van der Waals surface area contributed by atoms with Crippen molar-refractivity contribution >= 4 is 38.2 Å². The van der Waals surface area contributed by atoms with Crippen molar-refractivity contribution < 1.29 is 24.0 Å². The number of nitrogens with one attached hydrogen (secondary N) is 2. The molecule has 3 saturated carbocycles. The van der Waals surface area contributed by atoms with E-state index >= 15 is 0 Å². The fourth-order valence-corrected chi connectivity index (χ4v) is 4.73. The second-order valence-corrected chi connectivity index (χ2v) is 15.2. The normalized spacial score (nSPS) is 20.1. The Morgan fingerprint density at radius 3 is 1.81 bits per heavy atom. The van der Waals surface area contributed by atoms with E-state index in [1.807, 2.05) is 19.6 Å². The largest absolute Gasteiger partial charge is 0.352 e. The predicted molar refractivity (Wildman–Crippen MR) is 147 cm³/mol. The summed E-state index contributed by atoms with van der Waals surface area (Å²) < 4.78 is 3.59. The molecular formula is C25H48N6O5Si. The number of hydrogen-bond donors (Lipinski definition) is 4. The van der Waals surface area contributed by atoms with E-state index in [0.717, 1.165) is 38.5 Å². The minimum atomic E-state index is -1.46. The quantitative estimate of drug-likeness (QED) is 0.184. The van der Waals surface area contributed by atoms with Crippen LogP contribution < -0.4 is 22.1 Å². The molecule has 0 atom stereocenters. The molecule has 1 heterocycles. The first-order valence-electron chi connectivity index (χ1n) is 13.0. The van der Waals surface area contributed by atoms with Gasteiger partial charge in [0.25, 0.3) is 0 Å². The lowest BCUT2D eigenvalue weighted by molar-refractivity contribution is -0.137. The Balaban J connectivity index is 0.000000492. The smallest absolute Gasteiger partial charge is 0.331 e. The summed E-state index contributed by atoms with van der Waals surface area (Å²) in [6.45, 7) is 5.95. The van der Waals surface area contributed by atoms with E-state index in [1.54, 1.807) is 6.08 Å². The van der Waals surface area contributed by atoms with Gasteiger partial charge in [0.2, 0.25) is 17.9 Å². The van der Waals surface area contributed by atoms with Crippen LogP contribution in [0.3, 0.4) is 0 Å². The molecule has 212 valence electrons. The Morgan fingerprint density at radius 2 is 1.46 bits per heavy atom. The van der Waals surface area contributed by atoms with Crippen LogP contribution in [0.2, 0.25) is 19.6 Å². The van der Waals surface area contributed by atoms with Crippen LogP contribution in [0, 0.1) is 0 Å². The van der Waals surface area contributed by atoms with Crippen molar-refractivity contribution in [3.05, 3.63) is 0 Å². The number of isocyanates is 1. The van der Waals surface area contributed by atoms with E-state index in [0.29, 0.717) is 12.1 Å². The van der Waals surface area contributed by atoms with Crippen molar-refractivity contribution in [1.29, 1.82) is 0 Å². The molecule has 6 N–H and O–H groups in total. The van der Waals surface area contributed by atoms with Gasteiger partial charge in [0.1, 0.15) is 6.42 Å². The molecule has 0 radical (unpaired) electrons. The zero-order valence-corrected chi connectivity index (χ0v) is 23.0. The molecule has 6 amide bonds. The summed E-state index contributed by atoms with van der Waals surface area (Å²) in [5.74, 6) is -0.847. The van der Waals surface area contributed by atoms with Gasteiger partial charge in [0.05, 0.1) is 0 Å². The Bertz CT molecular complexity index is 759. The summed E-state index contributed by atoms with van der Waals surface area (Å²) >= 11 is 0. The van der Waals surface area contributed by atoms with Gasteiger partial charge in [-0.1, -0.05) is 46.0 Å². The lowest BCUT2D eigenvalue weighted by Crippen LogP contribution is -2.55. The molecule has 37 heavy (non-hydrogen) atoms. The zero-order valence-electron chi connectivity index (χ0n) is 22.0. The van der Waals surface area contributed by atoms with Crippen LogP contribution in [0.15, 0.2) is 4.66 Å². The summed E-state index contributed by atoms with van der Waals surface area (Å²) in [6.07, 6.45) is 15.1. The fourth-order valence-electron chi connectivity index (χ4n) is 4.46. The summed E-state index contributed by atoms with van der Waals surface area (Å²) in [6, 6.07) is -0.0110. The van der Waals surface area contributed by atoms with E-state index in [-0.39, 0.29) is 31.8 Å². The Hall–Kier alpha value is -2.56. The highest BCUT2D eigenvalue weighted by Crippen LogP contribution is 2.25. The van der Waals surface area contributed by atoms with Gasteiger partial charge in [0, 0.05) is 18.1 Å². The first-order valence-corrected chi connectivity index (χ1v) is 16.4. The van der Waals surface area contributed by atoms with Gasteiger partial charge in [-0.3, -0.25) is 19.8 Å². The van der Waals surface area contributed by atoms with Gasteiger partial charge in [0.15, 0.2) is 8.24 Å². The van der Waals surface area contributed by atoms with Crippen molar-refractivity contribution in [2.75, 3.05) is 0 Å². The van der Waals surface area contributed by atoms with Crippen LogP contribution >= 0.6 is 0 Å². The summed E-state index contributed by atoms with van der Waals surface area (Å²) in [4.78, 5) is 54.7. The maximum atomic E-state index is 11.4. The number of nitrogens with zero attached hydrogens (tertiary/aromatic N) is 2. The van der Waals surface area contributed by atoms with Crippen LogP contribution in [0.4, 0.5) is 9.59 Å². The molecule has 12 heteroatoms. The summed E-state index contributed by atoms with van der Waals surface area (Å²) in [5, 5.41) is 4.84. The zero-order chi connectivity index (χ0) is 27.1. The van der Waals surface area contributed by atoms with E-state index < -0.39 is 20.2 Å². The lowest BCUT2D eigenvalue weighted by atomic mass is 10.2. The average Bonchev–Trinajstić information content (AvgIpc) is 3.52. The first-order chi connectivity index (χ1) is 16.9. The molecule has 0 aromatic heterocycles. The van der Waals surface area contributed by atoms with E-state index in [9.17, 15) is 24.0 Å². The number of imide groups is 2. The van der Waals surface area contributed by atoms with Gasteiger partial charge < -0.3 is 16.8 Å². The minimum Gasteiger partial charge on any atom is -0.352 e. The molecule has 1 aliphatic heterocycles. The number of barbiturate groups is 1. The number of hydrogen-bond acceptors (Lipinski definition) is 7. The highest BCUT2D eigenvalue weighted by atomic mass is 28.3. The number of primary amides is 1. The topological polar surface area (TPSA) is 177 Å². The Morgan fingerprint density at radius 1 is 0.973 bits per heavy atom. The highest BCUT2D eigenvalue weighted by molar-refractivity contribution is 6.74. The Labute approximate surface area is 222 Å². The van der Waals surface area contributed by atoms with Crippen LogP contribution in [0.5, 0.6) is 0 Å². The predicted octanol–water partition coefficient (Wildman–Crippen LogP) is 3.68. The van der Waals surface area contributed by atoms with Gasteiger partial charge in [-0.25, -0.2) is 19.0 Å².